The van der Waals surface area contributed by atoms with Crippen LogP contribution in [0.25, 0.3) is 0 Å². The maximum atomic E-state index is 9.13. The van der Waals surface area contributed by atoms with Crippen molar-refractivity contribution in [3.8, 4) is 6.07 Å². The first-order valence-corrected chi connectivity index (χ1v) is 5.85. The van der Waals surface area contributed by atoms with Crippen molar-refractivity contribution >= 4 is 17.3 Å². The number of rotatable bonds is 1. The number of benzene rings is 1. The van der Waals surface area contributed by atoms with E-state index in [9.17, 15) is 0 Å². The van der Waals surface area contributed by atoms with E-state index in [0.717, 1.165) is 25.2 Å². The lowest BCUT2D eigenvalue weighted by Crippen LogP contribution is -2.23. The van der Waals surface area contributed by atoms with E-state index in [0.29, 0.717) is 16.0 Å². The van der Waals surface area contributed by atoms with Gasteiger partial charge >= 0.3 is 0 Å². The minimum Gasteiger partial charge on any atom is -0.370 e. The number of nitrogens with zero attached hydrogens (tertiary/aromatic N) is 2. The molecule has 1 heterocycles. The van der Waals surface area contributed by atoms with Gasteiger partial charge in [-0.25, -0.2) is 0 Å². The van der Waals surface area contributed by atoms with Crippen LogP contribution in [0.15, 0.2) is 18.2 Å². The third kappa shape index (κ3) is 2.01. The fourth-order valence-electron chi connectivity index (χ4n) is 2.20. The van der Waals surface area contributed by atoms with Crippen LogP contribution in [0.3, 0.4) is 0 Å². The minimum absolute atomic E-state index is 0.328. The molecule has 1 aliphatic heterocycles. The second kappa shape index (κ2) is 3.99. The Hall–Kier alpha value is -1.20. The van der Waals surface area contributed by atoms with Crippen molar-refractivity contribution in [3.05, 3.63) is 28.8 Å². The van der Waals surface area contributed by atoms with Gasteiger partial charge < -0.3 is 4.90 Å². The van der Waals surface area contributed by atoms with Crippen molar-refractivity contribution in [3.63, 3.8) is 0 Å². The molecule has 0 saturated carbocycles. The third-order valence-corrected chi connectivity index (χ3v) is 3.44. The number of anilines is 1. The van der Waals surface area contributed by atoms with Gasteiger partial charge in [0.2, 0.25) is 0 Å². The van der Waals surface area contributed by atoms with E-state index < -0.39 is 0 Å². The Kier molecular flexibility index (Phi) is 2.82. The normalized spacial score (nSPS) is 18.5. The predicted molar refractivity (Wildman–Crippen MR) is 66.8 cm³/mol. The molecule has 1 aliphatic rings. The Morgan fingerprint density at radius 3 is 2.75 bits per heavy atom. The van der Waals surface area contributed by atoms with Crippen LogP contribution in [-0.2, 0) is 0 Å². The van der Waals surface area contributed by atoms with Gasteiger partial charge in [0.05, 0.1) is 16.3 Å². The average Bonchev–Trinajstić information content (AvgIpc) is 2.58. The number of hydrogen-bond donors (Lipinski definition) is 0. The van der Waals surface area contributed by atoms with Crippen molar-refractivity contribution in [2.24, 2.45) is 5.41 Å². The molecular formula is C13H15ClN2. The summed E-state index contributed by atoms with van der Waals surface area (Å²) in [6, 6.07) is 7.85. The number of hydrogen-bond acceptors (Lipinski definition) is 2. The molecule has 0 aliphatic carbocycles. The number of nitriles is 1. The Bertz CT molecular complexity index is 446. The van der Waals surface area contributed by atoms with E-state index in [1.807, 2.05) is 12.1 Å². The molecule has 0 bridgehead atoms. The molecule has 1 fully saturated rings. The molecule has 0 atom stereocenters. The highest BCUT2D eigenvalue weighted by Crippen LogP contribution is 2.35. The summed E-state index contributed by atoms with van der Waals surface area (Å²) < 4.78 is 0. The Balaban J connectivity index is 2.36. The monoisotopic (exact) mass is 234 g/mol. The zero-order valence-electron chi connectivity index (χ0n) is 9.63. The molecule has 3 heteroatoms. The molecule has 1 aromatic rings. The van der Waals surface area contributed by atoms with Gasteiger partial charge in [-0.15, -0.1) is 0 Å². The molecule has 1 saturated heterocycles. The molecule has 0 radical (unpaired) electrons. The largest absolute Gasteiger partial charge is 0.370 e. The lowest BCUT2D eigenvalue weighted by Gasteiger charge is -2.22. The van der Waals surface area contributed by atoms with E-state index in [4.69, 9.17) is 16.9 Å². The van der Waals surface area contributed by atoms with Crippen molar-refractivity contribution in [2.45, 2.75) is 20.3 Å². The van der Waals surface area contributed by atoms with Crippen LogP contribution in [0.4, 0.5) is 5.69 Å². The summed E-state index contributed by atoms with van der Waals surface area (Å²) in [5.41, 5.74) is 1.90. The molecule has 0 unspecified atom stereocenters. The zero-order valence-corrected chi connectivity index (χ0v) is 10.4. The van der Waals surface area contributed by atoms with E-state index in [-0.39, 0.29) is 0 Å². The maximum absolute atomic E-state index is 9.13. The molecule has 0 amide bonds. The Morgan fingerprint density at radius 2 is 2.19 bits per heavy atom. The van der Waals surface area contributed by atoms with Gasteiger partial charge in [0.1, 0.15) is 6.07 Å². The molecule has 0 aromatic heterocycles. The van der Waals surface area contributed by atoms with Crippen LogP contribution < -0.4 is 4.90 Å². The summed E-state index contributed by atoms with van der Waals surface area (Å²) in [7, 11) is 0. The first kappa shape index (κ1) is 11.3. The zero-order chi connectivity index (χ0) is 11.8. The molecular weight excluding hydrogens is 220 g/mol. The first-order valence-electron chi connectivity index (χ1n) is 5.47. The third-order valence-electron chi connectivity index (χ3n) is 3.12. The van der Waals surface area contributed by atoms with Crippen molar-refractivity contribution in [2.75, 3.05) is 18.0 Å². The van der Waals surface area contributed by atoms with Crippen LogP contribution in [0.5, 0.6) is 0 Å². The summed E-state index contributed by atoms with van der Waals surface area (Å²) in [5, 5.41) is 9.67. The fraction of sp³-hybridized carbons (Fsp3) is 0.462. The lowest BCUT2D eigenvalue weighted by atomic mass is 9.93. The maximum Gasteiger partial charge on any atom is 0.103 e. The summed E-state index contributed by atoms with van der Waals surface area (Å²) in [6.45, 7) is 6.50. The van der Waals surface area contributed by atoms with Crippen LogP contribution in [0.1, 0.15) is 25.8 Å². The van der Waals surface area contributed by atoms with Gasteiger partial charge in [0.15, 0.2) is 0 Å². The summed E-state index contributed by atoms with van der Waals surface area (Å²) in [6.07, 6.45) is 1.16. The molecule has 16 heavy (non-hydrogen) atoms. The highest BCUT2D eigenvalue weighted by molar-refractivity contribution is 6.32. The van der Waals surface area contributed by atoms with E-state index in [2.05, 4.69) is 24.8 Å². The quantitative estimate of drug-likeness (QED) is 0.744. The van der Waals surface area contributed by atoms with E-state index >= 15 is 0 Å². The van der Waals surface area contributed by atoms with E-state index in [1.165, 1.54) is 0 Å². The van der Waals surface area contributed by atoms with Crippen LogP contribution >= 0.6 is 11.6 Å². The lowest BCUT2D eigenvalue weighted by molar-refractivity contribution is 0.418. The summed E-state index contributed by atoms with van der Waals surface area (Å²) >= 11 is 6.03. The topological polar surface area (TPSA) is 27.0 Å². The fourth-order valence-corrected chi connectivity index (χ4v) is 2.42. The van der Waals surface area contributed by atoms with Gasteiger partial charge in [0, 0.05) is 13.1 Å². The van der Waals surface area contributed by atoms with Crippen molar-refractivity contribution in [1.29, 1.82) is 5.26 Å². The smallest absolute Gasteiger partial charge is 0.103 e. The van der Waals surface area contributed by atoms with Crippen molar-refractivity contribution in [1.82, 2.24) is 0 Å². The second-order valence-corrected chi connectivity index (χ2v) is 5.49. The van der Waals surface area contributed by atoms with Crippen LogP contribution in [0.2, 0.25) is 5.02 Å². The molecule has 0 spiro atoms. The summed E-state index contributed by atoms with van der Waals surface area (Å²) in [4.78, 5) is 2.25. The molecule has 0 N–H and O–H groups in total. The van der Waals surface area contributed by atoms with Gasteiger partial charge in [-0.3, -0.25) is 0 Å². The number of halogens is 1. The minimum atomic E-state index is 0.328. The highest BCUT2D eigenvalue weighted by Gasteiger charge is 2.30. The van der Waals surface area contributed by atoms with Crippen LogP contribution in [0, 0.1) is 16.7 Å². The van der Waals surface area contributed by atoms with Gasteiger partial charge in [-0.05, 0) is 24.0 Å². The van der Waals surface area contributed by atoms with Gasteiger partial charge in [0.25, 0.3) is 0 Å². The standard InChI is InChI=1S/C13H15ClN2/c1-13(2)6-7-16(9-13)12-5-3-4-11(14)10(12)8-15/h3-5H,6-7,9H2,1-2H3. The highest BCUT2D eigenvalue weighted by atomic mass is 35.5. The van der Waals surface area contributed by atoms with Crippen LogP contribution in [-0.4, -0.2) is 13.1 Å². The Morgan fingerprint density at radius 1 is 1.44 bits per heavy atom. The van der Waals surface area contributed by atoms with Crippen molar-refractivity contribution < 1.29 is 0 Å². The molecule has 1 aromatic carbocycles. The molecule has 2 nitrogen and oxygen atoms in total. The average molecular weight is 235 g/mol. The Labute approximate surface area is 101 Å². The van der Waals surface area contributed by atoms with E-state index in [1.54, 1.807) is 6.07 Å². The van der Waals surface area contributed by atoms with Gasteiger partial charge in [-0.2, -0.15) is 5.26 Å². The summed E-state index contributed by atoms with van der Waals surface area (Å²) in [5.74, 6) is 0. The first-order chi connectivity index (χ1) is 7.53. The molecule has 84 valence electrons. The second-order valence-electron chi connectivity index (χ2n) is 5.08. The van der Waals surface area contributed by atoms with Gasteiger partial charge in [-0.1, -0.05) is 31.5 Å². The predicted octanol–water partition coefficient (Wildman–Crippen LogP) is 3.45. The molecule has 2 rings (SSSR count). The SMILES string of the molecule is CC1(C)CCN(c2cccc(Cl)c2C#N)C1.